The van der Waals surface area contributed by atoms with Crippen molar-refractivity contribution in [1.29, 1.82) is 0 Å². The number of aryl methyl sites for hydroxylation is 1. The maximum atomic E-state index is 11.8. The van der Waals surface area contributed by atoms with Gasteiger partial charge >= 0.3 is 12.0 Å². The highest BCUT2D eigenvalue weighted by molar-refractivity contribution is 5.89. The van der Waals surface area contributed by atoms with Gasteiger partial charge in [0.15, 0.2) is 0 Å². The van der Waals surface area contributed by atoms with Crippen LogP contribution in [0.15, 0.2) is 18.5 Å². The van der Waals surface area contributed by atoms with Crippen LogP contribution in [0.1, 0.15) is 32.3 Å². The Morgan fingerprint density at radius 3 is 2.63 bits per heavy atom. The van der Waals surface area contributed by atoms with E-state index in [1.165, 1.54) is 0 Å². The number of carbonyl (C=O) groups excluding carboxylic acids is 1. The zero-order valence-corrected chi connectivity index (χ0v) is 11.4. The molecule has 0 saturated carbocycles. The lowest BCUT2D eigenvalue weighted by Gasteiger charge is -2.25. The molecule has 0 atom stereocenters. The molecule has 6 nitrogen and oxygen atoms in total. The molecular weight excluding hydrogens is 246 g/mol. The first-order valence-electron chi connectivity index (χ1n) is 6.01. The average molecular weight is 265 g/mol. The normalized spacial score (nSPS) is 10.9. The maximum Gasteiger partial charge on any atom is 0.319 e. The highest BCUT2D eigenvalue weighted by atomic mass is 16.4. The summed E-state index contributed by atoms with van der Waals surface area (Å²) in [5.41, 5.74) is 0.967. The summed E-state index contributed by atoms with van der Waals surface area (Å²) in [5.74, 6) is -0.877. The number of carboxylic acid groups (broad SMARTS) is 1. The molecule has 0 bridgehead atoms. The molecule has 1 aromatic heterocycles. The second-order valence-corrected chi connectivity index (χ2v) is 5.11. The third kappa shape index (κ3) is 5.85. The number of anilines is 1. The number of nitrogens with zero attached hydrogens (tertiary/aromatic N) is 1. The molecule has 0 aliphatic heterocycles. The minimum atomic E-state index is -0.877. The van der Waals surface area contributed by atoms with Gasteiger partial charge in [-0.25, -0.2) is 4.79 Å². The van der Waals surface area contributed by atoms with Crippen molar-refractivity contribution in [1.82, 2.24) is 10.3 Å². The molecule has 1 heterocycles. The fourth-order valence-corrected chi connectivity index (χ4v) is 1.57. The van der Waals surface area contributed by atoms with E-state index in [1.807, 2.05) is 6.92 Å². The zero-order chi connectivity index (χ0) is 14.5. The number of urea groups is 1. The van der Waals surface area contributed by atoms with Crippen LogP contribution in [0, 0.1) is 6.92 Å². The summed E-state index contributed by atoms with van der Waals surface area (Å²) in [6.07, 6.45) is 3.62. The molecule has 0 fully saturated rings. The number of carbonyl (C=O) groups is 2. The highest BCUT2D eigenvalue weighted by Crippen LogP contribution is 2.12. The van der Waals surface area contributed by atoms with E-state index < -0.39 is 11.5 Å². The summed E-state index contributed by atoms with van der Waals surface area (Å²) >= 11 is 0. The molecule has 0 saturated heterocycles. The molecule has 19 heavy (non-hydrogen) atoms. The first kappa shape index (κ1) is 14.9. The number of hydrogen-bond donors (Lipinski definition) is 3. The van der Waals surface area contributed by atoms with Crippen molar-refractivity contribution in [3.05, 3.63) is 24.0 Å². The maximum absolute atomic E-state index is 11.8. The zero-order valence-electron chi connectivity index (χ0n) is 11.4. The first-order valence-corrected chi connectivity index (χ1v) is 6.01. The molecule has 0 aromatic carbocycles. The fraction of sp³-hybridized carbons (Fsp3) is 0.462. The largest absolute Gasteiger partial charge is 0.481 e. The number of aliphatic carboxylic acids is 1. The number of pyridine rings is 1. The van der Waals surface area contributed by atoms with Crippen molar-refractivity contribution in [3.8, 4) is 0 Å². The van der Waals surface area contributed by atoms with E-state index in [0.29, 0.717) is 12.1 Å². The van der Waals surface area contributed by atoms with Crippen molar-refractivity contribution >= 4 is 17.7 Å². The molecule has 1 aromatic rings. The third-order valence-electron chi connectivity index (χ3n) is 2.55. The Morgan fingerprint density at radius 2 is 2.05 bits per heavy atom. The molecule has 0 radical (unpaired) electrons. The van der Waals surface area contributed by atoms with Crippen LogP contribution in [-0.4, -0.2) is 27.6 Å². The summed E-state index contributed by atoms with van der Waals surface area (Å²) in [5, 5.41) is 14.0. The summed E-state index contributed by atoms with van der Waals surface area (Å²) < 4.78 is 0. The minimum Gasteiger partial charge on any atom is -0.481 e. The standard InChI is InChI=1S/C13H19N3O3/c1-9-6-10(8-14-7-9)15-12(19)16-13(2,3)5-4-11(17)18/h6-8H,4-5H2,1-3H3,(H,17,18)(H2,15,16,19). The Balaban J connectivity index is 2.52. The van der Waals surface area contributed by atoms with Gasteiger partial charge in [-0.1, -0.05) is 0 Å². The second-order valence-electron chi connectivity index (χ2n) is 5.11. The van der Waals surface area contributed by atoms with E-state index >= 15 is 0 Å². The van der Waals surface area contributed by atoms with Gasteiger partial charge in [0.1, 0.15) is 0 Å². The van der Waals surface area contributed by atoms with Gasteiger partial charge in [0.2, 0.25) is 0 Å². The number of rotatable bonds is 5. The monoisotopic (exact) mass is 265 g/mol. The van der Waals surface area contributed by atoms with Crippen LogP contribution in [0.3, 0.4) is 0 Å². The summed E-state index contributed by atoms with van der Waals surface area (Å²) in [4.78, 5) is 26.3. The lowest BCUT2D eigenvalue weighted by Crippen LogP contribution is -2.45. The Hall–Kier alpha value is -2.11. The number of aromatic nitrogens is 1. The number of hydrogen-bond acceptors (Lipinski definition) is 3. The highest BCUT2D eigenvalue weighted by Gasteiger charge is 2.21. The molecule has 0 unspecified atom stereocenters. The second kappa shape index (κ2) is 6.17. The number of amides is 2. The van der Waals surface area contributed by atoms with Gasteiger partial charge in [0, 0.05) is 18.2 Å². The van der Waals surface area contributed by atoms with E-state index in [-0.39, 0.29) is 12.5 Å². The van der Waals surface area contributed by atoms with Gasteiger partial charge in [-0.05, 0) is 38.8 Å². The van der Waals surface area contributed by atoms with Gasteiger partial charge < -0.3 is 15.7 Å². The van der Waals surface area contributed by atoms with Gasteiger partial charge in [0.25, 0.3) is 0 Å². The van der Waals surface area contributed by atoms with Crippen LogP contribution >= 0.6 is 0 Å². The molecule has 0 spiro atoms. The average Bonchev–Trinajstić information content (AvgIpc) is 2.25. The van der Waals surface area contributed by atoms with Gasteiger partial charge in [-0.2, -0.15) is 0 Å². The lowest BCUT2D eigenvalue weighted by atomic mass is 9.99. The Labute approximate surface area is 112 Å². The van der Waals surface area contributed by atoms with Crippen LogP contribution in [0.2, 0.25) is 0 Å². The number of nitrogens with one attached hydrogen (secondary N) is 2. The van der Waals surface area contributed by atoms with E-state index in [0.717, 1.165) is 5.56 Å². The van der Waals surface area contributed by atoms with Gasteiger partial charge in [0.05, 0.1) is 11.9 Å². The van der Waals surface area contributed by atoms with E-state index in [2.05, 4.69) is 15.6 Å². The number of carboxylic acids is 1. The van der Waals surface area contributed by atoms with Gasteiger partial charge in [-0.3, -0.25) is 9.78 Å². The van der Waals surface area contributed by atoms with Crippen LogP contribution in [0.4, 0.5) is 10.5 Å². The topological polar surface area (TPSA) is 91.3 Å². The molecule has 0 aliphatic rings. The quantitative estimate of drug-likeness (QED) is 0.760. The molecule has 1 rings (SSSR count). The van der Waals surface area contributed by atoms with Crippen LogP contribution in [0.5, 0.6) is 0 Å². The molecule has 3 N–H and O–H groups in total. The van der Waals surface area contributed by atoms with Crippen LogP contribution in [-0.2, 0) is 4.79 Å². The Morgan fingerprint density at radius 1 is 1.37 bits per heavy atom. The SMILES string of the molecule is Cc1cncc(NC(=O)NC(C)(C)CCC(=O)O)c1. The molecule has 2 amide bonds. The summed E-state index contributed by atoms with van der Waals surface area (Å²) in [7, 11) is 0. The molecule has 6 heteroatoms. The van der Waals surface area contributed by atoms with Crippen molar-refractivity contribution in [2.75, 3.05) is 5.32 Å². The summed E-state index contributed by atoms with van der Waals surface area (Å²) in [6, 6.07) is 1.43. The molecule has 0 aliphatic carbocycles. The van der Waals surface area contributed by atoms with Crippen molar-refractivity contribution in [2.45, 2.75) is 39.2 Å². The predicted octanol–water partition coefficient (Wildman–Crippen LogP) is 2.15. The smallest absolute Gasteiger partial charge is 0.319 e. The fourth-order valence-electron chi connectivity index (χ4n) is 1.57. The van der Waals surface area contributed by atoms with Crippen molar-refractivity contribution in [2.24, 2.45) is 0 Å². The Bertz CT molecular complexity index is 472. The van der Waals surface area contributed by atoms with E-state index in [4.69, 9.17) is 5.11 Å². The molecule has 104 valence electrons. The summed E-state index contributed by atoms with van der Waals surface area (Å²) in [6.45, 7) is 5.45. The van der Waals surface area contributed by atoms with Crippen LogP contribution in [0.25, 0.3) is 0 Å². The Kier molecular flexibility index (Phi) is 4.86. The predicted molar refractivity (Wildman–Crippen MR) is 72.1 cm³/mol. The third-order valence-corrected chi connectivity index (χ3v) is 2.55. The minimum absolute atomic E-state index is 0.0132. The van der Waals surface area contributed by atoms with Crippen molar-refractivity contribution < 1.29 is 14.7 Å². The van der Waals surface area contributed by atoms with Gasteiger partial charge in [-0.15, -0.1) is 0 Å². The molecular formula is C13H19N3O3. The van der Waals surface area contributed by atoms with E-state index in [9.17, 15) is 9.59 Å². The first-order chi connectivity index (χ1) is 8.78. The lowest BCUT2D eigenvalue weighted by molar-refractivity contribution is -0.137. The van der Waals surface area contributed by atoms with Crippen molar-refractivity contribution in [3.63, 3.8) is 0 Å². The van der Waals surface area contributed by atoms with E-state index in [1.54, 1.807) is 32.3 Å². The van der Waals surface area contributed by atoms with Crippen LogP contribution < -0.4 is 10.6 Å².